The minimum atomic E-state index is -0.497. The lowest BCUT2D eigenvalue weighted by Gasteiger charge is -2.45. The van der Waals surface area contributed by atoms with Crippen LogP contribution in [0.25, 0.3) is 0 Å². The number of ether oxygens (including phenoxy) is 5. The van der Waals surface area contributed by atoms with Crippen LogP contribution in [0.2, 0.25) is 0 Å². The number of carbonyl (C=O) groups is 1. The Morgan fingerprint density at radius 3 is 2.77 bits per heavy atom. The number of rotatable bonds is 2. The summed E-state index contributed by atoms with van der Waals surface area (Å²) in [4.78, 5) is 11.6. The third-order valence-corrected chi connectivity index (χ3v) is 5.10. The zero-order chi connectivity index (χ0) is 15.1. The zero-order valence-electron chi connectivity index (χ0n) is 11.9. The number of fused-ring (bicyclic) bond motifs is 3. The van der Waals surface area contributed by atoms with Crippen LogP contribution in [-0.4, -0.2) is 48.9 Å². The van der Waals surface area contributed by atoms with Crippen molar-refractivity contribution in [2.45, 2.75) is 36.1 Å². The summed E-state index contributed by atoms with van der Waals surface area (Å²) in [5.41, 5.74) is 0.934. The van der Waals surface area contributed by atoms with E-state index in [1.165, 1.54) is 0 Å². The SMILES string of the molecule is CO[C@H]1O[C@@H]2CO[C@@H](c3ccccc3)O[C@H]2[C@@H]2OC(=O)S[C@H]12. The molecule has 7 heteroatoms. The van der Waals surface area contributed by atoms with Gasteiger partial charge in [0.15, 0.2) is 12.6 Å². The molecular formula is C15H16O6S. The Morgan fingerprint density at radius 2 is 2.00 bits per heavy atom. The van der Waals surface area contributed by atoms with E-state index in [-0.39, 0.29) is 28.9 Å². The van der Waals surface area contributed by atoms with E-state index >= 15 is 0 Å². The maximum absolute atomic E-state index is 11.6. The minimum absolute atomic E-state index is 0.215. The first-order chi connectivity index (χ1) is 10.8. The van der Waals surface area contributed by atoms with Gasteiger partial charge in [-0.2, -0.15) is 0 Å². The summed E-state index contributed by atoms with van der Waals surface area (Å²) in [6, 6.07) is 9.69. The molecule has 6 nitrogen and oxygen atoms in total. The van der Waals surface area contributed by atoms with Gasteiger partial charge in [-0.25, -0.2) is 4.79 Å². The van der Waals surface area contributed by atoms with Crippen molar-refractivity contribution in [1.29, 1.82) is 0 Å². The molecule has 0 N–H and O–H groups in total. The monoisotopic (exact) mass is 324 g/mol. The van der Waals surface area contributed by atoms with E-state index in [1.807, 2.05) is 30.3 Å². The van der Waals surface area contributed by atoms with Crippen molar-refractivity contribution in [3.8, 4) is 0 Å². The fourth-order valence-corrected chi connectivity index (χ4v) is 4.05. The molecule has 3 aliphatic rings. The second kappa shape index (κ2) is 5.82. The maximum atomic E-state index is 11.6. The van der Waals surface area contributed by atoms with Gasteiger partial charge in [0.1, 0.15) is 23.6 Å². The topological polar surface area (TPSA) is 63.2 Å². The molecule has 1 aromatic carbocycles. The van der Waals surface area contributed by atoms with Gasteiger partial charge in [-0.1, -0.05) is 30.3 Å². The maximum Gasteiger partial charge on any atom is 0.368 e. The van der Waals surface area contributed by atoms with E-state index in [4.69, 9.17) is 23.7 Å². The first-order valence-corrected chi connectivity index (χ1v) is 8.02. The number of hydrogen-bond donors (Lipinski definition) is 0. The number of hydrogen-bond acceptors (Lipinski definition) is 7. The van der Waals surface area contributed by atoms with Gasteiger partial charge < -0.3 is 23.7 Å². The lowest BCUT2D eigenvalue weighted by atomic mass is 9.99. The lowest BCUT2D eigenvalue weighted by molar-refractivity contribution is -0.329. The molecule has 3 aliphatic heterocycles. The van der Waals surface area contributed by atoms with Crippen LogP contribution in [0.5, 0.6) is 0 Å². The van der Waals surface area contributed by atoms with Gasteiger partial charge in [0.2, 0.25) is 0 Å². The number of methoxy groups -OCH3 is 1. The molecule has 4 rings (SSSR count). The van der Waals surface area contributed by atoms with Gasteiger partial charge in [0.05, 0.1) is 6.61 Å². The van der Waals surface area contributed by atoms with Crippen LogP contribution >= 0.6 is 11.8 Å². The second-order valence-corrected chi connectivity index (χ2v) is 6.48. The average Bonchev–Trinajstić information content (AvgIpc) is 2.96. The van der Waals surface area contributed by atoms with Crippen LogP contribution in [0.15, 0.2) is 30.3 Å². The summed E-state index contributed by atoms with van der Waals surface area (Å²) in [6.45, 7) is 0.371. The standard InChI is InChI=1S/C15H16O6S/c1-17-14-12-11(21-15(16)22-12)10-9(19-14)7-18-13(20-10)8-5-3-2-4-6-8/h2-6,9-14H,7H2,1H3/t9-,10-,11+,12+,13-,14+/m1/s1. The van der Waals surface area contributed by atoms with Crippen molar-refractivity contribution in [2.75, 3.05) is 13.7 Å². The molecule has 0 bridgehead atoms. The minimum Gasteiger partial charge on any atom is -0.450 e. The van der Waals surface area contributed by atoms with Gasteiger partial charge in [0, 0.05) is 12.7 Å². The van der Waals surface area contributed by atoms with Gasteiger partial charge >= 0.3 is 5.30 Å². The first-order valence-electron chi connectivity index (χ1n) is 7.14. The highest BCUT2D eigenvalue weighted by molar-refractivity contribution is 8.14. The predicted octanol–water partition coefficient (Wildman–Crippen LogP) is 2.09. The summed E-state index contributed by atoms with van der Waals surface area (Å²) in [7, 11) is 1.56. The average molecular weight is 324 g/mol. The Kier molecular flexibility index (Phi) is 3.83. The second-order valence-electron chi connectivity index (χ2n) is 5.37. The van der Waals surface area contributed by atoms with E-state index in [0.717, 1.165) is 17.3 Å². The van der Waals surface area contributed by atoms with Crippen molar-refractivity contribution in [1.82, 2.24) is 0 Å². The van der Waals surface area contributed by atoms with Gasteiger partial charge in [-0.05, 0) is 11.8 Å². The fourth-order valence-electron chi connectivity index (χ4n) is 3.03. The van der Waals surface area contributed by atoms with E-state index in [2.05, 4.69) is 0 Å². The van der Waals surface area contributed by atoms with Crippen molar-refractivity contribution in [2.24, 2.45) is 0 Å². The van der Waals surface area contributed by atoms with Crippen molar-refractivity contribution in [3.63, 3.8) is 0 Å². The highest BCUT2D eigenvalue weighted by Gasteiger charge is 2.56. The predicted molar refractivity (Wildman–Crippen MR) is 77.3 cm³/mol. The summed E-state index contributed by atoms with van der Waals surface area (Å²) in [6.07, 6.45) is -2.01. The molecule has 1 aromatic rings. The molecule has 118 valence electrons. The third kappa shape index (κ3) is 2.43. The van der Waals surface area contributed by atoms with E-state index in [0.29, 0.717) is 6.61 Å². The van der Waals surface area contributed by atoms with Crippen molar-refractivity contribution < 1.29 is 28.5 Å². The molecule has 0 spiro atoms. The fraction of sp³-hybridized carbons (Fsp3) is 0.533. The molecule has 0 amide bonds. The van der Waals surface area contributed by atoms with Crippen LogP contribution in [-0.2, 0) is 23.7 Å². The van der Waals surface area contributed by atoms with Gasteiger partial charge in [0.25, 0.3) is 0 Å². The Hall–Kier alpha value is -1.12. The van der Waals surface area contributed by atoms with E-state index in [9.17, 15) is 4.79 Å². The molecule has 3 heterocycles. The Bertz CT molecular complexity index is 552. The molecule has 22 heavy (non-hydrogen) atoms. The molecule has 3 fully saturated rings. The summed E-state index contributed by atoms with van der Waals surface area (Å²) >= 11 is 1.10. The number of benzene rings is 1. The molecule has 6 atom stereocenters. The Labute approximate surface area is 132 Å². The van der Waals surface area contributed by atoms with Gasteiger partial charge in [-0.3, -0.25) is 0 Å². The number of thioether (sulfide) groups is 1. The third-order valence-electron chi connectivity index (χ3n) is 4.05. The smallest absolute Gasteiger partial charge is 0.368 e. The van der Waals surface area contributed by atoms with Crippen LogP contribution in [0.1, 0.15) is 11.9 Å². The van der Waals surface area contributed by atoms with Crippen LogP contribution in [0.4, 0.5) is 4.79 Å². The Morgan fingerprint density at radius 1 is 1.18 bits per heavy atom. The molecule has 0 saturated carbocycles. The van der Waals surface area contributed by atoms with Crippen molar-refractivity contribution in [3.05, 3.63) is 35.9 Å². The molecule has 0 radical (unpaired) electrons. The highest BCUT2D eigenvalue weighted by atomic mass is 32.2. The van der Waals surface area contributed by atoms with Crippen LogP contribution < -0.4 is 0 Å². The van der Waals surface area contributed by atoms with E-state index in [1.54, 1.807) is 7.11 Å². The summed E-state index contributed by atoms with van der Waals surface area (Å²) < 4.78 is 28.4. The van der Waals surface area contributed by atoms with Gasteiger partial charge in [-0.15, -0.1) is 0 Å². The normalized spacial score (nSPS) is 40.7. The summed E-state index contributed by atoms with van der Waals surface area (Å²) in [5, 5.41) is -0.527. The Balaban J connectivity index is 1.56. The first kappa shape index (κ1) is 14.5. The zero-order valence-corrected chi connectivity index (χ0v) is 12.7. The quantitative estimate of drug-likeness (QED) is 0.772. The van der Waals surface area contributed by atoms with E-state index < -0.39 is 12.6 Å². The highest BCUT2D eigenvalue weighted by Crippen LogP contribution is 2.43. The largest absolute Gasteiger partial charge is 0.450 e. The van der Waals surface area contributed by atoms with Crippen LogP contribution in [0.3, 0.4) is 0 Å². The summed E-state index contributed by atoms with van der Waals surface area (Å²) in [5.74, 6) is 0. The number of carbonyl (C=O) groups excluding carboxylic acids is 1. The molecular weight excluding hydrogens is 308 g/mol. The lowest BCUT2D eigenvalue weighted by Crippen LogP contribution is -2.60. The molecule has 0 aromatic heterocycles. The van der Waals surface area contributed by atoms with Crippen molar-refractivity contribution >= 4 is 17.1 Å². The molecule has 0 aliphatic carbocycles. The van der Waals surface area contributed by atoms with Crippen LogP contribution in [0, 0.1) is 0 Å². The molecule has 3 saturated heterocycles. The molecule has 0 unspecified atom stereocenters.